The lowest BCUT2D eigenvalue weighted by molar-refractivity contribution is -0.137. The van der Waals surface area contributed by atoms with Crippen molar-refractivity contribution < 1.29 is 22.7 Å². The monoisotopic (exact) mass is 374 g/mol. The van der Waals surface area contributed by atoms with Crippen LogP contribution in [0.1, 0.15) is 15.4 Å². The predicted octanol–water partition coefficient (Wildman–Crippen LogP) is 1.96. The van der Waals surface area contributed by atoms with Gasteiger partial charge in [0.05, 0.1) is 34.7 Å². The largest absolute Gasteiger partial charge is 0.416 e. The fourth-order valence-corrected chi connectivity index (χ4v) is 3.44. The molecule has 0 atom stereocenters. The number of nitrogen functional groups attached to an aromatic ring is 1. The zero-order valence-electron chi connectivity index (χ0n) is 13.2. The molecule has 1 fully saturated rings. The number of thiazole rings is 1. The Hall–Kier alpha value is -1.91. The molecule has 0 saturated carbocycles. The number of hydrogen-bond donors (Lipinski definition) is 2. The third-order valence-electron chi connectivity index (χ3n) is 3.86. The van der Waals surface area contributed by atoms with Gasteiger partial charge in [0.1, 0.15) is 0 Å². The highest BCUT2D eigenvalue weighted by molar-refractivity contribution is 7.20. The summed E-state index contributed by atoms with van der Waals surface area (Å²) in [5, 5.41) is 2.83. The number of morpholine rings is 1. The van der Waals surface area contributed by atoms with Crippen molar-refractivity contribution in [3.05, 3.63) is 22.7 Å². The molecule has 0 aliphatic carbocycles. The molecule has 1 saturated heterocycles. The standard InChI is InChI=1S/C15H17F3N4O2S/c16-15(17,18)9-7-10(19)12-11(8-9)21-14(25-12)13(23)20-1-2-22-3-5-24-6-4-22/h7-8H,1-6,19H2,(H,20,23). The van der Waals surface area contributed by atoms with E-state index in [9.17, 15) is 18.0 Å². The molecular formula is C15H17F3N4O2S. The maximum Gasteiger partial charge on any atom is 0.416 e. The summed E-state index contributed by atoms with van der Waals surface area (Å²) in [4.78, 5) is 18.3. The minimum atomic E-state index is -4.51. The van der Waals surface area contributed by atoms with Crippen molar-refractivity contribution in [3.8, 4) is 0 Å². The molecule has 2 heterocycles. The highest BCUT2D eigenvalue weighted by Gasteiger charge is 2.32. The Bertz CT molecular complexity index is 772. The molecule has 0 unspecified atom stereocenters. The van der Waals surface area contributed by atoms with E-state index in [0.717, 1.165) is 36.6 Å². The smallest absolute Gasteiger partial charge is 0.398 e. The second kappa shape index (κ2) is 7.14. The van der Waals surface area contributed by atoms with Crippen LogP contribution in [0.25, 0.3) is 10.2 Å². The van der Waals surface area contributed by atoms with Crippen LogP contribution in [-0.2, 0) is 10.9 Å². The third kappa shape index (κ3) is 4.20. The number of alkyl halides is 3. The number of carbonyl (C=O) groups is 1. The number of nitrogens with two attached hydrogens (primary N) is 1. The van der Waals surface area contributed by atoms with Crippen molar-refractivity contribution in [2.24, 2.45) is 0 Å². The van der Waals surface area contributed by atoms with Crippen LogP contribution in [0.2, 0.25) is 0 Å². The number of ether oxygens (including phenoxy) is 1. The first-order valence-corrected chi connectivity index (χ1v) is 8.52. The summed E-state index contributed by atoms with van der Waals surface area (Å²) in [6, 6.07) is 1.77. The van der Waals surface area contributed by atoms with Gasteiger partial charge in [-0.15, -0.1) is 11.3 Å². The fourth-order valence-electron chi connectivity index (χ4n) is 2.55. The fraction of sp³-hybridized carbons (Fsp3) is 0.467. The van der Waals surface area contributed by atoms with Crippen molar-refractivity contribution in [1.29, 1.82) is 0 Å². The van der Waals surface area contributed by atoms with E-state index in [4.69, 9.17) is 10.5 Å². The summed E-state index contributed by atoms with van der Waals surface area (Å²) in [5.41, 5.74) is 4.86. The van der Waals surface area contributed by atoms with Crippen LogP contribution >= 0.6 is 11.3 Å². The minimum Gasteiger partial charge on any atom is -0.398 e. The summed E-state index contributed by atoms with van der Waals surface area (Å²) in [6.45, 7) is 4.08. The molecule has 1 aliphatic heterocycles. The van der Waals surface area contributed by atoms with E-state index in [0.29, 0.717) is 31.0 Å². The molecule has 3 N–H and O–H groups in total. The Balaban J connectivity index is 1.68. The van der Waals surface area contributed by atoms with E-state index in [1.807, 2.05) is 0 Å². The van der Waals surface area contributed by atoms with Crippen LogP contribution in [0.5, 0.6) is 0 Å². The molecule has 3 rings (SSSR count). The van der Waals surface area contributed by atoms with E-state index >= 15 is 0 Å². The van der Waals surface area contributed by atoms with Crippen LogP contribution < -0.4 is 11.1 Å². The summed E-state index contributed by atoms with van der Waals surface area (Å²) in [5.74, 6) is -0.414. The number of aromatic nitrogens is 1. The Kier molecular flexibility index (Phi) is 5.11. The first-order chi connectivity index (χ1) is 11.8. The van der Waals surface area contributed by atoms with Gasteiger partial charge in [-0.25, -0.2) is 4.98 Å². The second-order valence-corrected chi connectivity index (χ2v) is 6.64. The number of amides is 1. The Morgan fingerprint density at radius 3 is 2.76 bits per heavy atom. The van der Waals surface area contributed by atoms with E-state index in [2.05, 4.69) is 15.2 Å². The molecule has 1 aliphatic rings. The van der Waals surface area contributed by atoms with Crippen molar-refractivity contribution >= 4 is 33.1 Å². The number of nitrogens with zero attached hydrogens (tertiary/aromatic N) is 2. The second-order valence-electron chi connectivity index (χ2n) is 5.64. The average Bonchev–Trinajstić information content (AvgIpc) is 3.00. The van der Waals surface area contributed by atoms with E-state index in [1.54, 1.807) is 0 Å². The molecule has 136 valence electrons. The van der Waals surface area contributed by atoms with Gasteiger partial charge < -0.3 is 15.8 Å². The quantitative estimate of drug-likeness (QED) is 0.800. The average molecular weight is 374 g/mol. The number of rotatable bonds is 4. The van der Waals surface area contributed by atoms with Crippen molar-refractivity contribution in [2.45, 2.75) is 6.18 Å². The minimum absolute atomic E-state index is 0.0327. The molecule has 0 bridgehead atoms. The van der Waals surface area contributed by atoms with Crippen LogP contribution in [0, 0.1) is 0 Å². The van der Waals surface area contributed by atoms with Crippen molar-refractivity contribution in [3.63, 3.8) is 0 Å². The van der Waals surface area contributed by atoms with Crippen LogP contribution in [0.4, 0.5) is 18.9 Å². The molecule has 0 radical (unpaired) electrons. The van der Waals surface area contributed by atoms with Crippen molar-refractivity contribution in [2.75, 3.05) is 45.1 Å². The molecule has 10 heteroatoms. The molecule has 1 aromatic carbocycles. The number of anilines is 1. The van der Waals surface area contributed by atoms with Crippen LogP contribution in [0.3, 0.4) is 0 Å². The molecule has 25 heavy (non-hydrogen) atoms. The predicted molar refractivity (Wildman–Crippen MR) is 88.6 cm³/mol. The molecule has 1 aromatic heterocycles. The van der Waals surface area contributed by atoms with Gasteiger partial charge in [0.2, 0.25) is 0 Å². The Morgan fingerprint density at radius 1 is 1.36 bits per heavy atom. The van der Waals surface area contributed by atoms with E-state index in [1.165, 1.54) is 0 Å². The lowest BCUT2D eigenvalue weighted by atomic mass is 10.2. The van der Waals surface area contributed by atoms with E-state index in [-0.39, 0.29) is 16.2 Å². The van der Waals surface area contributed by atoms with Gasteiger partial charge in [0, 0.05) is 26.2 Å². The van der Waals surface area contributed by atoms with Gasteiger partial charge in [-0.1, -0.05) is 0 Å². The Labute approximate surface area is 145 Å². The lowest BCUT2D eigenvalue weighted by Gasteiger charge is -2.26. The van der Waals surface area contributed by atoms with Gasteiger partial charge in [-0.05, 0) is 12.1 Å². The van der Waals surface area contributed by atoms with E-state index < -0.39 is 17.6 Å². The number of fused-ring (bicyclic) bond motifs is 1. The van der Waals surface area contributed by atoms with Gasteiger partial charge in [0.25, 0.3) is 5.91 Å². The molecule has 1 amide bonds. The van der Waals surface area contributed by atoms with Crippen molar-refractivity contribution in [1.82, 2.24) is 15.2 Å². The normalized spacial score (nSPS) is 16.3. The van der Waals surface area contributed by atoms with Crippen LogP contribution in [0.15, 0.2) is 12.1 Å². The maximum absolute atomic E-state index is 12.8. The number of carbonyl (C=O) groups excluding carboxylic acids is 1. The number of nitrogens with one attached hydrogen (secondary N) is 1. The zero-order chi connectivity index (χ0) is 18.0. The number of benzene rings is 1. The number of hydrogen-bond acceptors (Lipinski definition) is 6. The highest BCUT2D eigenvalue weighted by atomic mass is 32.1. The first kappa shape index (κ1) is 17.9. The van der Waals surface area contributed by atoms with Crippen LogP contribution in [-0.4, -0.2) is 55.2 Å². The highest BCUT2D eigenvalue weighted by Crippen LogP contribution is 2.36. The summed E-state index contributed by atoms with van der Waals surface area (Å²) in [6.07, 6.45) is -4.51. The molecule has 0 spiro atoms. The summed E-state index contributed by atoms with van der Waals surface area (Å²) in [7, 11) is 0. The molecule has 2 aromatic rings. The lowest BCUT2D eigenvalue weighted by Crippen LogP contribution is -2.41. The SMILES string of the molecule is Nc1cc(C(F)(F)F)cc2nc(C(=O)NCCN3CCOCC3)sc12. The number of halogens is 3. The third-order valence-corrected chi connectivity index (χ3v) is 4.98. The Morgan fingerprint density at radius 2 is 2.08 bits per heavy atom. The van der Waals surface area contributed by atoms with Gasteiger partial charge in [0.15, 0.2) is 5.01 Å². The summed E-state index contributed by atoms with van der Waals surface area (Å²) < 4.78 is 44.1. The summed E-state index contributed by atoms with van der Waals surface area (Å²) >= 11 is 0.988. The molecule has 6 nitrogen and oxygen atoms in total. The van der Waals surface area contributed by atoms with Gasteiger partial charge in [-0.3, -0.25) is 9.69 Å². The zero-order valence-corrected chi connectivity index (χ0v) is 14.0. The molecular weight excluding hydrogens is 357 g/mol. The van der Waals surface area contributed by atoms with Gasteiger partial charge >= 0.3 is 6.18 Å². The topological polar surface area (TPSA) is 80.5 Å². The first-order valence-electron chi connectivity index (χ1n) is 7.70. The van der Waals surface area contributed by atoms with Gasteiger partial charge in [-0.2, -0.15) is 13.2 Å². The maximum atomic E-state index is 12.8.